The molecule has 3 nitrogen and oxygen atoms in total. The van der Waals surface area contributed by atoms with Crippen LogP contribution in [0.15, 0.2) is 12.1 Å². The van der Waals surface area contributed by atoms with E-state index in [4.69, 9.17) is 4.74 Å². The Labute approximate surface area is 120 Å². The van der Waals surface area contributed by atoms with E-state index in [1.54, 1.807) is 21.0 Å². The standard InChI is InChI=1S/C16H24FNO2/c1-11-7-16(14(12(2)19)8-15(11)17)18-6-4-5-13(9-18)10-20-3/h7-8,12-13,19H,4-6,9-10H2,1-3H3. The van der Waals surface area contributed by atoms with Gasteiger partial charge < -0.3 is 14.7 Å². The molecular formula is C16H24FNO2. The molecular weight excluding hydrogens is 257 g/mol. The van der Waals surface area contributed by atoms with E-state index in [0.29, 0.717) is 17.0 Å². The van der Waals surface area contributed by atoms with Crippen LogP contribution < -0.4 is 4.90 Å². The normalized spacial score (nSPS) is 21.1. The average Bonchev–Trinajstić information content (AvgIpc) is 2.42. The van der Waals surface area contributed by atoms with Crippen LogP contribution in [0.3, 0.4) is 0 Å². The Morgan fingerprint density at radius 3 is 2.90 bits per heavy atom. The molecule has 2 atom stereocenters. The fourth-order valence-electron chi connectivity index (χ4n) is 2.95. The lowest BCUT2D eigenvalue weighted by Crippen LogP contribution is -2.37. The van der Waals surface area contributed by atoms with E-state index in [-0.39, 0.29) is 5.82 Å². The molecule has 0 aliphatic carbocycles. The zero-order valence-corrected chi connectivity index (χ0v) is 12.5. The molecule has 1 fully saturated rings. The molecule has 2 rings (SSSR count). The Morgan fingerprint density at radius 1 is 1.50 bits per heavy atom. The molecule has 1 N–H and O–H groups in total. The van der Waals surface area contributed by atoms with Crippen molar-refractivity contribution < 1.29 is 14.2 Å². The molecule has 1 saturated heterocycles. The third-order valence-corrected chi connectivity index (χ3v) is 4.02. The van der Waals surface area contributed by atoms with Crippen molar-refractivity contribution in [2.24, 2.45) is 5.92 Å². The average molecular weight is 281 g/mol. The van der Waals surface area contributed by atoms with Crippen molar-refractivity contribution in [3.8, 4) is 0 Å². The molecule has 0 aromatic heterocycles. The minimum absolute atomic E-state index is 0.255. The largest absolute Gasteiger partial charge is 0.389 e. The number of hydrogen-bond donors (Lipinski definition) is 1. The lowest BCUT2D eigenvalue weighted by Gasteiger charge is -2.36. The first-order chi connectivity index (χ1) is 9.52. The second kappa shape index (κ2) is 6.55. The van der Waals surface area contributed by atoms with Gasteiger partial charge in [-0.1, -0.05) is 0 Å². The van der Waals surface area contributed by atoms with Gasteiger partial charge in [-0.15, -0.1) is 0 Å². The van der Waals surface area contributed by atoms with Crippen LogP contribution in [0.1, 0.15) is 37.0 Å². The molecule has 0 radical (unpaired) electrons. The Balaban J connectivity index is 2.28. The topological polar surface area (TPSA) is 32.7 Å². The smallest absolute Gasteiger partial charge is 0.126 e. The van der Waals surface area contributed by atoms with Crippen LogP contribution >= 0.6 is 0 Å². The van der Waals surface area contributed by atoms with E-state index in [0.717, 1.165) is 38.2 Å². The van der Waals surface area contributed by atoms with Gasteiger partial charge in [0, 0.05) is 31.5 Å². The van der Waals surface area contributed by atoms with Crippen LogP contribution in [0.4, 0.5) is 10.1 Å². The number of aryl methyl sites for hydroxylation is 1. The first kappa shape index (κ1) is 15.3. The summed E-state index contributed by atoms with van der Waals surface area (Å²) in [4.78, 5) is 2.25. The highest BCUT2D eigenvalue weighted by molar-refractivity contribution is 5.57. The predicted molar refractivity (Wildman–Crippen MR) is 78.6 cm³/mol. The summed E-state index contributed by atoms with van der Waals surface area (Å²) in [5, 5.41) is 9.90. The van der Waals surface area contributed by atoms with E-state index in [9.17, 15) is 9.50 Å². The maximum Gasteiger partial charge on any atom is 0.126 e. The molecule has 1 heterocycles. The molecule has 1 aliphatic rings. The van der Waals surface area contributed by atoms with Gasteiger partial charge in [0.15, 0.2) is 0 Å². The Bertz CT molecular complexity index is 460. The summed E-state index contributed by atoms with van der Waals surface area (Å²) in [6.07, 6.45) is 1.60. The summed E-state index contributed by atoms with van der Waals surface area (Å²) < 4.78 is 19.0. The third-order valence-electron chi connectivity index (χ3n) is 4.02. The summed E-state index contributed by atoms with van der Waals surface area (Å²) in [5.41, 5.74) is 2.25. The van der Waals surface area contributed by atoms with Crippen LogP contribution in [0, 0.1) is 18.7 Å². The van der Waals surface area contributed by atoms with Crippen LogP contribution in [0.5, 0.6) is 0 Å². The zero-order chi connectivity index (χ0) is 14.7. The van der Waals surface area contributed by atoms with Crippen molar-refractivity contribution in [1.82, 2.24) is 0 Å². The van der Waals surface area contributed by atoms with Crippen molar-refractivity contribution in [3.05, 3.63) is 29.1 Å². The van der Waals surface area contributed by atoms with Crippen LogP contribution in [0.2, 0.25) is 0 Å². The van der Waals surface area contributed by atoms with Gasteiger partial charge in [0.25, 0.3) is 0 Å². The number of piperidine rings is 1. The highest BCUT2D eigenvalue weighted by atomic mass is 19.1. The Hall–Kier alpha value is -1.13. The van der Waals surface area contributed by atoms with Crippen LogP contribution in [0.25, 0.3) is 0 Å². The van der Waals surface area contributed by atoms with Crippen molar-refractivity contribution in [1.29, 1.82) is 0 Å². The van der Waals surface area contributed by atoms with Gasteiger partial charge in [-0.2, -0.15) is 0 Å². The van der Waals surface area contributed by atoms with Gasteiger partial charge in [-0.3, -0.25) is 0 Å². The van der Waals surface area contributed by atoms with Crippen molar-refractivity contribution in [2.45, 2.75) is 32.8 Å². The number of rotatable bonds is 4. The molecule has 0 saturated carbocycles. The first-order valence-electron chi connectivity index (χ1n) is 7.25. The number of aliphatic hydroxyl groups excluding tert-OH is 1. The van der Waals surface area contributed by atoms with Gasteiger partial charge in [-0.05, 0) is 50.3 Å². The number of methoxy groups -OCH3 is 1. The van der Waals surface area contributed by atoms with Crippen LogP contribution in [-0.2, 0) is 4.74 Å². The number of hydrogen-bond acceptors (Lipinski definition) is 3. The van der Waals surface area contributed by atoms with Gasteiger partial charge in [0.2, 0.25) is 0 Å². The molecule has 1 aliphatic heterocycles. The lowest BCUT2D eigenvalue weighted by molar-refractivity contribution is 0.143. The highest BCUT2D eigenvalue weighted by Gasteiger charge is 2.23. The third kappa shape index (κ3) is 3.30. The molecule has 4 heteroatoms. The summed E-state index contributed by atoms with van der Waals surface area (Å²) in [7, 11) is 1.72. The van der Waals surface area contributed by atoms with E-state index in [1.165, 1.54) is 6.07 Å². The number of ether oxygens (including phenoxy) is 1. The van der Waals surface area contributed by atoms with E-state index in [2.05, 4.69) is 4.90 Å². The first-order valence-corrected chi connectivity index (χ1v) is 7.25. The maximum atomic E-state index is 13.7. The van der Waals surface area contributed by atoms with E-state index < -0.39 is 6.10 Å². The van der Waals surface area contributed by atoms with Gasteiger partial charge in [-0.25, -0.2) is 4.39 Å². The lowest BCUT2D eigenvalue weighted by atomic mass is 9.96. The number of aliphatic hydroxyl groups is 1. The summed E-state index contributed by atoms with van der Waals surface area (Å²) in [6, 6.07) is 3.32. The minimum atomic E-state index is -0.664. The molecule has 2 unspecified atom stereocenters. The molecule has 0 bridgehead atoms. The summed E-state index contributed by atoms with van der Waals surface area (Å²) in [6.45, 7) is 6.05. The van der Waals surface area contributed by atoms with E-state index in [1.807, 2.05) is 6.07 Å². The fourth-order valence-corrected chi connectivity index (χ4v) is 2.95. The predicted octanol–water partition coefficient (Wildman–Crippen LogP) is 3.05. The number of nitrogens with zero attached hydrogens (tertiary/aromatic N) is 1. The minimum Gasteiger partial charge on any atom is -0.389 e. The van der Waals surface area contributed by atoms with Crippen LogP contribution in [-0.4, -0.2) is 31.9 Å². The van der Waals surface area contributed by atoms with E-state index >= 15 is 0 Å². The monoisotopic (exact) mass is 281 g/mol. The second-order valence-electron chi connectivity index (χ2n) is 5.75. The number of halogens is 1. The number of anilines is 1. The zero-order valence-electron chi connectivity index (χ0n) is 12.5. The molecule has 1 aromatic carbocycles. The van der Waals surface area contributed by atoms with Gasteiger partial charge in [0.1, 0.15) is 5.82 Å². The quantitative estimate of drug-likeness (QED) is 0.920. The summed E-state index contributed by atoms with van der Waals surface area (Å²) in [5.74, 6) is 0.246. The molecule has 20 heavy (non-hydrogen) atoms. The molecule has 0 spiro atoms. The Kier molecular flexibility index (Phi) is 5.00. The van der Waals surface area contributed by atoms with Crippen molar-refractivity contribution >= 4 is 5.69 Å². The molecule has 1 aromatic rings. The van der Waals surface area contributed by atoms with Crippen molar-refractivity contribution in [3.63, 3.8) is 0 Å². The molecule has 112 valence electrons. The summed E-state index contributed by atoms with van der Waals surface area (Å²) >= 11 is 0. The van der Waals surface area contributed by atoms with Gasteiger partial charge in [0.05, 0.1) is 12.7 Å². The van der Waals surface area contributed by atoms with Gasteiger partial charge >= 0.3 is 0 Å². The van der Waals surface area contributed by atoms with Crippen molar-refractivity contribution in [2.75, 3.05) is 31.7 Å². The SMILES string of the molecule is COCC1CCCN(c2cc(C)c(F)cc2C(C)O)C1. The maximum absolute atomic E-state index is 13.7. The highest BCUT2D eigenvalue weighted by Crippen LogP contribution is 2.32. The fraction of sp³-hybridized carbons (Fsp3) is 0.625. The Morgan fingerprint density at radius 2 is 2.25 bits per heavy atom. The molecule has 0 amide bonds. The number of benzene rings is 1. The second-order valence-corrected chi connectivity index (χ2v) is 5.75.